The summed E-state index contributed by atoms with van der Waals surface area (Å²) < 4.78 is 0. The fourth-order valence-electron chi connectivity index (χ4n) is 2.51. The third-order valence-corrected chi connectivity index (χ3v) is 3.95. The smallest absolute Gasteiger partial charge is 0.224 e. The van der Waals surface area contributed by atoms with E-state index in [1.54, 1.807) is 0 Å². The summed E-state index contributed by atoms with van der Waals surface area (Å²) in [7, 11) is 0. The maximum absolute atomic E-state index is 11.8. The van der Waals surface area contributed by atoms with Crippen LogP contribution in [0.3, 0.4) is 0 Å². The number of rotatable bonds is 9. The largest absolute Gasteiger partial charge is 0.356 e. The molecule has 1 amide bonds. The lowest BCUT2D eigenvalue weighted by Gasteiger charge is -2.04. The SMILES string of the molecule is CCCCNC(=O)Cc1ccc(/C=C/CCc2ccccc2)cc1. The summed E-state index contributed by atoms with van der Waals surface area (Å²) in [6.45, 7) is 2.90. The van der Waals surface area contributed by atoms with E-state index in [9.17, 15) is 4.79 Å². The van der Waals surface area contributed by atoms with Crippen molar-refractivity contribution in [1.82, 2.24) is 5.32 Å². The Bertz CT molecular complexity index is 629. The van der Waals surface area contributed by atoms with Crippen molar-refractivity contribution in [3.8, 4) is 0 Å². The molecule has 2 heteroatoms. The van der Waals surface area contributed by atoms with Crippen LogP contribution in [0.2, 0.25) is 0 Å². The zero-order valence-corrected chi connectivity index (χ0v) is 14.5. The van der Waals surface area contributed by atoms with E-state index >= 15 is 0 Å². The van der Waals surface area contributed by atoms with Gasteiger partial charge in [0.15, 0.2) is 0 Å². The highest BCUT2D eigenvalue weighted by atomic mass is 16.1. The number of nitrogens with one attached hydrogen (secondary N) is 1. The van der Waals surface area contributed by atoms with Crippen LogP contribution in [0.15, 0.2) is 60.7 Å². The number of benzene rings is 2. The minimum absolute atomic E-state index is 0.106. The lowest BCUT2D eigenvalue weighted by atomic mass is 10.1. The van der Waals surface area contributed by atoms with Crippen LogP contribution in [0.1, 0.15) is 42.9 Å². The monoisotopic (exact) mass is 321 g/mol. The van der Waals surface area contributed by atoms with E-state index in [-0.39, 0.29) is 5.91 Å². The van der Waals surface area contributed by atoms with E-state index in [0.29, 0.717) is 6.42 Å². The molecule has 24 heavy (non-hydrogen) atoms. The highest BCUT2D eigenvalue weighted by Crippen LogP contribution is 2.09. The number of carbonyl (C=O) groups is 1. The molecule has 0 aliphatic carbocycles. The van der Waals surface area contributed by atoms with E-state index in [2.05, 4.69) is 60.8 Å². The van der Waals surface area contributed by atoms with Gasteiger partial charge in [-0.05, 0) is 36.0 Å². The summed E-state index contributed by atoms with van der Waals surface area (Å²) in [5.41, 5.74) is 3.61. The van der Waals surface area contributed by atoms with Crippen molar-refractivity contribution in [3.05, 3.63) is 77.4 Å². The highest BCUT2D eigenvalue weighted by molar-refractivity contribution is 5.78. The number of hydrogen-bond acceptors (Lipinski definition) is 1. The molecule has 0 aliphatic rings. The second-order valence-electron chi connectivity index (χ2n) is 6.05. The van der Waals surface area contributed by atoms with Crippen LogP contribution in [-0.4, -0.2) is 12.5 Å². The summed E-state index contributed by atoms with van der Waals surface area (Å²) in [6, 6.07) is 18.8. The molecule has 0 saturated heterocycles. The number of amides is 1. The van der Waals surface area contributed by atoms with E-state index in [4.69, 9.17) is 0 Å². The third kappa shape index (κ3) is 6.82. The van der Waals surface area contributed by atoms with Crippen LogP contribution in [0.4, 0.5) is 0 Å². The van der Waals surface area contributed by atoms with Crippen LogP contribution < -0.4 is 5.32 Å². The number of aryl methyl sites for hydroxylation is 1. The first-order valence-electron chi connectivity index (χ1n) is 8.84. The Kier molecular flexibility index (Phi) is 7.82. The molecule has 2 aromatic rings. The Morgan fingerprint density at radius 2 is 1.75 bits per heavy atom. The van der Waals surface area contributed by atoms with Crippen molar-refractivity contribution in [1.29, 1.82) is 0 Å². The Morgan fingerprint density at radius 1 is 1.00 bits per heavy atom. The minimum atomic E-state index is 0.106. The molecule has 126 valence electrons. The molecule has 0 bridgehead atoms. The predicted molar refractivity (Wildman–Crippen MR) is 102 cm³/mol. The first-order valence-corrected chi connectivity index (χ1v) is 8.84. The van der Waals surface area contributed by atoms with Gasteiger partial charge in [-0.25, -0.2) is 0 Å². The van der Waals surface area contributed by atoms with Crippen molar-refractivity contribution >= 4 is 12.0 Å². The fourth-order valence-corrected chi connectivity index (χ4v) is 2.51. The van der Waals surface area contributed by atoms with Crippen LogP contribution in [0.25, 0.3) is 6.08 Å². The molecular formula is C22H27NO. The summed E-state index contributed by atoms with van der Waals surface area (Å²) in [6.07, 6.45) is 9.05. The Balaban J connectivity index is 1.75. The quantitative estimate of drug-likeness (QED) is 0.661. The molecule has 0 aliphatic heterocycles. The molecule has 2 nitrogen and oxygen atoms in total. The van der Waals surface area contributed by atoms with E-state index in [1.165, 1.54) is 11.1 Å². The summed E-state index contributed by atoms with van der Waals surface area (Å²) in [5, 5.41) is 2.95. The summed E-state index contributed by atoms with van der Waals surface area (Å²) in [4.78, 5) is 11.8. The molecule has 1 N–H and O–H groups in total. The molecule has 0 saturated carbocycles. The standard InChI is InChI=1S/C22H27NO/c1-2-3-17-23-22(24)18-21-15-13-20(14-16-21)12-8-7-11-19-9-5-4-6-10-19/h4-6,8-10,12-16H,2-3,7,11,17-18H2,1H3,(H,23,24)/b12-8+. The average Bonchev–Trinajstić information content (AvgIpc) is 2.61. The van der Waals surface area contributed by atoms with Gasteiger partial charge >= 0.3 is 0 Å². The molecule has 0 fully saturated rings. The number of carbonyl (C=O) groups excluding carboxylic acids is 1. The second kappa shape index (κ2) is 10.4. The van der Waals surface area contributed by atoms with Crippen LogP contribution in [-0.2, 0) is 17.6 Å². The Labute approximate surface area is 145 Å². The van der Waals surface area contributed by atoms with Gasteiger partial charge in [0.1, 0.15) is 0 Å². The topological polar surface area (TPSA) is 29.1 Å². The zero-order chi connectivity index (χ0) is 17.0. The molecule has 0 spiro atoms. The minimum Gasteiger partial charge on any atom is -0.356 e. The molecule has 0 atom stereocenters. The lowest BCUT2D eigenvalue weighted by molar-refractivity contribution is -0.120. The molecule has 0 heterocycles. The maximum atomic E-state index is 11.8. The summed E-state index contributed by atoms with van der Waals surface area (Å²) in [5.74, 6) is 0.106. The maximum Gasteiger partial charge on any atom is 0.224 e. The van der Waals surface area contributed by atoms with Crippen LogP contribution in [0.5, 0.6) is 0 Å². The lowest BCUT2D eigenvalue weighted by Crippen LogP contribution is -2.25. The van der Waals surface area contributed by atoms with Gasteiger partial charge in [-0.3, -0.25) is 4.79 Å². The van der Waals surface area contributed by atoms with Crippen LogP contribution >= 0.6 is 0 Å². The summed E-state index contributed by atoms with van der Waals surface area (Å²) >= 11 is 0. The molecule has 0 unspecified atom stereocenters. The molecule has 2 rings (SSSR count). The normalized spacial score (nSPS) is 10.9. The van der Waals surface area contributed by atoms with Gasteiger partial charge in [0.05, 0.1) is 6.42 Å². The van der Waals surface area contributed by atoms with Crippen molar-refractivity contribution in [2.45, 2.75) is 39.0 Å². The number of allylic oxidation sites excluding steroid dienone is 1. The molecule has 0 aromatic heterocycles. The zero-order valence-electron chi connectivity index (χ0n) is 14.5. The average molecular weight is 321 g/mol. The van der Waals surface area contributed by atoms with Crippen molar-refractivity contribution in [2.75, 3.05) is 6.54 Å². The van der Waals surface area contributed by atoms with Gasteiger partial charge in [-0.15, -0.1) is 0 Å². The fraction of sp³-hybridized carbons (Fsp3) is 0.318. The van der Waals surface area contributed by atoms with E-state index < -0.39 is 0 Å². The van der Waals surface area contributed by atoms with E-state index in [1.807, 2.05) is 18.2 Å². The number of hydrogen-bond donors (Lipinski definition) is 1. The van der Waals surface area contributed by atoms with Crippen molar-refractivity contribution in [3.63, 3.8) is 0 Å². The molecule has 2 aromatic carbocycles. The van der Waals surface area contributed by atoms with Gasteiger partial charge in [-0.1, -0.05) is 80.1 Å². The van der Waals surface area contributed by atoms with Gasteiger partial charge in [-0.2, -0.15) is 0 Å². The number of unbranched alkanes of at least 4 members (excludes halogenated alkanes) is 1. The van der Waals surface area contributed by atoms with Crippen molar-refractivity contribution in [2.24, 2.45) is 0 Å². The Hall–Kier alpha value is -2.35. The van der Waals surface area contributed by atoms with Gasteiger partial charge in [0, 0.05) is 6.54 Å². The molecular weight excluding hydrogens is 294 g/mol. The van der Waals surface area contributed by atoms with Gasteiger partial charge in [0.25, 0.3) is 0 Å². The van der Waals surface area contributed by atoms with Gasteiger partial charge in [0.2, 0.25) is 5.91 Å². The van der Waals surface area contributed by atoms with Gasteiger partial charge < -0.3 is 5.32 Å². The van der Waals surface area contributed by atoms with Crippen molar-refractivity contribution < 1.29 is 4.79 Å². The Morgan fingerprint density at radius 3 is 2.46 bits per heavy atom. The highest BCUT2D eigenvalue weighted by Gasteiger charge is 2.02. The first kappa shape index (κ1) is 18.0. The molecule has 0 radical (unpaired) electrons. The van der Waals surface area contributed by atoms with E-state index in [0.717, 1.165) is 37.8 Å². The second-order valence-corrected chi connectivity index (χ2v) is 6.05. The van der Waals surface area contributed by atoms with Crippen LogP contribution in [0, 0.1) is 0 Å². The predicted octanol–water partition coefficient (Wildman–Crippen LogP) is 4.79. The first-order chi connectivity index (χ1) is 11.8. The third-order valence-electron chi connectivity index (χ3n) is 3.95.